The van der Waals surface area contributed by atoms with Crippen molar-refractivity contribution in [3.63, 3.8) is 0 Å². The Kier molecular flexibility index (Phi) is 2.07. The number of ether oxygens (including phenoxy) is 1. The molecule has 12 heavy (non-hydrogen) atoms. The van der Waals surface area contributed by atoms with Gasteiger partial charge in [-0.2, -0.15) is 0 Å². The second-order valence-electron chi connectivity index (χ2n) is 2.93. The zero-order valence-corrected chi connectivity index (χ0v) is 8.17. The van der Waals surface area contributed by atoms with Gasteiger partial charge in [-0.1, -0.05) is 15.9 Å². The van der Waals surface area contributed by atoms with Gasteiger partial charge in [-0.25, -0.2) is 0 Å². The molecule has 2 N–H and O–H groups in total. The van der Waals surface area contributed by atoms with Crippen molar-refractivity contribution < 1.29 is 4.74 Å². The van der Waals surface area contributed by atoms with Gasteiger partial charge < -0.3 is 10.5 Å². The molecule has 1 heterocycles. The summed E-state index contributed by atoms with van der Waals surface area (Å²) in [5.41, 5.74) is 6.83. The molecule has 0 radical (unpaired) electrons. The van der Waals surface area contributed by atoms with Crippen molar-refractivity contribution in [2.24, 2.45) is 5.73 Å². The molecule has 1 atom stereocenters. The minimum absolute atomic E-state index is 0.373. The maximum Gasteiger partial charge on any atom is 0.123 e. The molecule has 1 aromatic carbocycles. The number of benzene rings is 1. The Bertz CT molecular complexity index is 301. The molecule has 0 unspecified atom stereocenters. The van der Waals surface area contributed by atoms with Gasteiger partial charge >= 0.3 is 0 Å². The predicted octanol–water partition coefficient (Wildman–Crippen LogP) is 1.88. The molecule has 1 aliphatic rings. The van der Waals surface area contributed by atoms with Gasteiger partial charge in [-0.05, 0) is 18.2 Å². The third kappa shape index (κ3) is 1.23. The van der Waals surface area contributed by atoms with Crippen LogP contribution in [0.1, 0.15) is 11.5 Å². The number of nitrogens with two attached hydrogens (primary N) is 1. The van der Waals surface area contributed by atoms with Gasteiger partial charge in [0.25, 0.3) is 0 Å². The lowest BCUT2D eigenvalue weighted by Gasteiger charge is -2.03. The van der Waals surface area contributed by atoms with E-state index in [2.05, 4.69) is 22.0 Å². The first-order valence-electron chi connectivity index (χ1n) is 3.93. The summed E-state index contributed by atoms with van der Waals surface area (Å²) in [6.07, 6.45) is 0. The highest BCUT2D eigenvalue weighted by molar-refractivity contribution is 9.10. The van der Waals surface area contributed by atoms with E-state index < -0.39 is 0 Å². The van der Waals surface area contributed by atoms with E-state index in [1.807, 2.05) is 12.1 Å². The first kappa shape index (κ1) is 8.08. The van der Waals surface area contributed by atoms with Crippen LogP contribution in [0.5, 0.6) is 5.75 Å². The standard InChI is InChI=1S/C9H10BrNO/c10-7-1-2-9-8(3-7)6(4-11)5-12-9/h1-3,6H,4-5,11H2/t6-/m1/s1. The van der Waals surface area contributed by atoms with Gasteiger partial charge in [0, 0.05) is 22.5 Å². The van der Waals surface area contributed by atoms with Crippen LogP contribution in [0.25, 0.3) is 0 Å². The average molecular weight is 228 g/mol. The van der Waals surface area contributed by atoms with Crippen LogP contribution in [0.15, 0.2) is 22.7 Å². The molecule has 0 saturated heterocycles. The fourth-order valence-corrected chi connectivity index (χ4v) is 1.82. The number of halogens is 1. The summed E-state index contributed by atoms with van der Waals surface area (Å²) in [6, 6.07) is 6.05. The number of fused-ring (bicyclic) bond motifs is 1. The number of rotatable bonds is 1. The van der Waals surface area contributed by atoms with Gasteiger partial charge in [0.2, 0.25) is 0 Å². The van der Waals surface area contributed by atoms with Crippen molar-refractivity contribution in [1.29, 1.82) is 0 Å². The van der Waals surface area contributed by atoms with Crippen LogP contribution in [0.4, 0.5) is 0 Å². The van der Waals surface area contributed by atoms with Gasteiger partial charge in [0.05, 0.1) is 6.61 Å². The van der Waals surface area contributed by atoms with Crippen molar-refractivity contribution in [3.05, 3.63) is 28.2 Å². The molecule has 1 aromatic rings. The highest BCUT2D eigenvalue weighted by Crippen LogP contribution is 2.34. The van der Waals surface area contributed by atoms with Crippen LogP contribution in [0.2, 0.25) is 0 Å². The van der Waals surface area contributed by atoms with Crippen LogP contribution < -0.4 is 10.5 Å². The van der Waals surface area contributed by atoms with Crippen LogP contribution in [0.3, 0.4) is 0 Å². The Hall–Kier alpha value is -0.540. The number of hydrogen-bond acceptors (Lipinski definition) is 2. The molecule has 0 aromatic heterocycles. The lowest BCUT2D eigenvalue weighted by Crippen LogP contribution is -2.13. The minimum atomic E-state index is 0.373. The van der Waals surface area contributed by atoms with E-state index in [4.69, 9.17) is 10.5 Å². The summed E-state index contributed by atoms with van der Waals surface area (Å²) in [5, 5.41) is 0. The molecule has 64 valence electrons. The zero-order valence-electron chi connectivity index (χ0n) is 6.59. The molecule has 3 heteroatoms. The monoisotopic (exact) mass is 227 g/mol. The second-order valence-corrected chi connectivity index (χ2v) is 3.84. The molecule has 0 fully saturated rings. The fourth-order valence-electron chi connectivity index (χ4n) is 1.44. The summed E-state index contributed by atoms with van der Waals surface area (Å²) in [4.78, 5) is 0. The SMILES string of the molecule is NC[C@@H]1COc2ccc(Br)cc21. The normalized spacial score (nSPS) is 20.3. The Morgan fingerprint density at radius 1 is 1.58 bits per heavy atom. The van der Waals surface area contributed by atoms with Crippen molar-refractivity contribution in [3.8, 4) is 5.75 Å². The molecule has 0 aliphatic carbocycles. The highest BCUT2D eigenvalue weighted by Gasteiger charge is 2.22. The third-order valence-corrected chi connectivity index (χ3v) is 2.63. The topological polar surface area (TPSA) is 35.2 Å². The van der Waals surface area contributed by atoms with Crippen LogP contribution in [-0.2, 0) is 0 Å². The molecule has 0 amide bonds. The van der Waals surface area contributed by atoms with Gasteiger partial charge in [0.15, 0.2) is 0 Å². The fraction of sp³-hybridized carbons (Fsp3) is 0.333. The maximum atomic E-state index is 5.60. The van der Waals surface area contributed by atoms with E-state index >= 15 is 0 Å². The summed E-state index contributed by atoms with van der Waals surface area (Å²) in [5.74, 6) is 1.35. The minimum Gasteiger partial charge on any atom is -0.493 e. The van der Waals surface area contributed by atoms with E-state index in [0.717, 1.165) is 16.8 Å². The second kappa shape index (κ2) is 3.07. The Labute approximate surface area is 79.8 Å². The van der Waals surface area contributed by atoms with E-state index in [1.54, 1.807) is 0 Å². The highest BCUT2D eigenvalue weighted by atomic mass is 79.9. The van der Waals surface area contributed by atoms with Crippen molar-refractivity contribution in [1.82, 2.24) is 0 Å². The molecular formula is C9H10BrNO. The quantitative estimate of drug-likeness (QED) is 0.796. The van der Waals surface area contributed by atoms with E-state index in [9.17, 15) is 0 Å². The zero-order chi connectivity index (χ0) is 8.55. The summed E-state index contributed by atoms with van der Waals surface area (Å²) in [6.45, 7) is 1.38. The van der Waals surface area contributed by atoms with E-state index in [1.165, 1.54) is 5.56 Å². The summed E-state index contributed by atoms with van der Waals surface area (Å²) < 4.78 is 6.54. The molecule has 1 aliphatic heterocycles. The Morgan fingerprint density at radius 2 is 2.42 bits per heavy atom. The molecule has 2 rings (SSSR count). The lowest BCUT2D eigenvalue weighted by molar-refractivity contribution is 0.333. The molecule has 0 saturated carbocycles. The molecule has 2 nitrogen and oxygen atoms in total. The van der Waals surface area contributed by atoms with Gasteiger partial charge in [0.1, 0.15) is 5.75 Å². The molecular weight excluding hydrogens is 218 g/mol. The Morgan fingerprint density at radius 3 is 3.17 bits per heavy atom. The predicted molar refractivity (Wildman–Crippen MR) is 51.4 cm³/mol. The van der Waals surface area contributed by atoms with Crippen LogP contribution >= 0.6 is 15.9 Å². The van der Waals surface area contributed by atoms with E-state index in [-0.39, 0.29) is 0 Å². The average Bonchev–Trinajstić information content (AvgIpc) is 2.46. The largest absolute Gasteiger partial charge is 0.493 e. The van der Waals surface area contributed by atoms with Crippen molar-refractivity contribution in [2.75, 3.05) is 13.2 Å². The van der Waals surface area contributed by atoms with E-state index in [0.29, 0.717) is 12.5 Å². The molecule has 0 spiro atoms. The molecule has 0 bridgehead atoms. The third-order valence-electron chi connectivity index (χ3n) is 2.14. The van der Waals surface area contributed by atoms with Crippen LogP contribution in [-0.4, -0.2) is 13.2 Å². The lowest BCUT2D eigenvalue weighted by atomic mass is 10.0. The maximum absolute atomic E-state index is 5.60. The summed E-state index contributed by atoms with van der Waals surface area (Å²) in [7, 11) is 0. The first-order chi connectivity index (χ1) is 5.81. The van der Waals surface area contributed by atoms with Crippen molar-refractivity contribution in [2.45, 2.75) is 5.92 Å². The number of hydrogen-bond donors (Lipinski definition) is 1. The van der Waals surface area contributed by atoms with Crippen molar-refractivity contribution >= 4 is 15.9 Å². The smallest absolute Gasteiger partial charge is 0.123 e. The first-order valence-corrected chi connectivity index (χ1v) is 4.73. The summed E-state index contributed by atoms with van der Waals surface area (Å²) >= 11 is 3.43. The van der Waals surface area contributed by atoms with Gasteiger partial charge in [-0.3, -0.25) is 0 Å². The Balaban J connectivity index is 2.42. The van der Waals surface area contributed by atoms with Crippen LogP contribution in [0, 0.1) is 0 Å². The van der Waals surface area contributed by atoms with Gasteiger partial charge in [-0.15, -0.1) is 0 Å².